The SMILES string of the molecule is CC[C@H](C)[C@H](NC(=O)[C@H](CO)NC(=O)CNC(=O)[C@@H]1CCCN1C(=O)[C@H](CCCCN)NC(=O)[C@H](CO)NC(=O)[C@H](CC(=O)O)NC(=O)[C@H](C)NC(=O)[C@@H]1CCCN1C(=O)[C@H](CC(N)=O)NC(=O)[C@@H](NC(=O)[C@H](CCC(=O)O)NC(=O)CN)[C@@H](C)O)C(=O)N[C@@H](CCCN=C(N)N)C(=O)O. The van der Waals surface area contributed by atoms with Crippen LogP contribution in [0.3, 0.4) is 0 Å². The van der Waals surface area contributed by atoms with Crippen LogP contribution in [0, 0.1) is 5.92 Å². The maximum Gasteiger partial charge on any atom is 0.326 e. The lowest BCUT2D eigenvalue weighted by atomic mass is 9.97. The van der Waals surface area contributed by atoms with Crippen molar-refractivity contribution < 1.29 is 112 Å². The first-order valence-corrected chi connectivity index (χ1v) is 32.3. The van der Waals surface area contributed by atoms with Gasteiger partial charge in [-0.1, -0.05) is 20.3 Å². The van der Waals surface area contributed by atoms with E-state index in [9.17, 15) is 107 Å². The van der Waals surface area contributed by atoms with E-state index in [4.69, 9.17) is 33.8 Å². The number of unbranched alkanes of at least 4 members (excludes halogenated alkanes) is 1. The molecule has 27 N–H and O–H groups in total. The summed E-state index contributed by atoms with van der Waals surface area (Å²) in [5.41, 5.74) is 27.0. The number of carboxylic acids is 3. The van der Waals surface area contributed by atoms with Crippen molar-refractivity contribution in [3.8, 4) is 0 Å². The van der Waals surface area contributed by atoms with Gasteiger partial charge < -0.3 is 128 Å². The third-order valence-corrected chi connectivity index (χ3v) is 16.0. The molecule has 0 radical (unpaired) electrons. The second-order valence-electron chi connectivity index (χ2n) is 23.8. The lowest BCUT2D eigenvalue weighted by Gasteiger charge is -2.31. The van der Waals surface area contributed by atoms with Crippen molar-refractivity contribution in [2.75, 3.05) is 52.5 Å². The topological polar surface area (TPSA) is 693 Å². The van der Waals surface area contributed by atoms with Crippen LogP contribution in [-0.2, 0) is 81.5 Å². The summed E-state index contributed by atoms with van der Waals surface area (Å²) in [7, 11) is 0. The van der Waals surface area contributed by atoms with Crippen LogP contribution in [0.25, 0.3) is 0 Å². The molecule has 2 heterocycles. The minimum absolute atomic E-state index is 0.0436. The fourth-order valence-corrected chi connectivity index (χ4v) is 10.4. The molecule has 42 heteroatoms. The zero-order chi connectivity index (χ0) is 75.7. The van der Waals surface area contributed by atoms with Gasteiger partial charge in [0, 0.05) is 26.1 Å². The number of hydrogen-bond donors (Lipinski definition) is 22. The molecular formula is C58H97N19O23. The zero-order valence-corrected chi connectivity index (χ0v) is 56.0. The van der Waals surface area contributed by atoms with Crippen LogP contribution in [0.15, 0.2) is 4.99 Å². The first kappa shape index (κ1) is 86.1. The van der Waals surface area contributed by atoms with Crippen molar-refractivity contribution in [3.05, 3.63) is 0 Å². The Bertz CT molecular complexity index is 2950. The fraction of sp³-hybridized carbons (Fsp3) is 0.690. The van der Waals surface area contributed by atoms with Crippen molar-refractivity contribution in [3.63, 3.8) is 0 Å². The Balaban J connectivity index is 2.20. The summed E-state index contributed by atoms with van der Waals surface area (Å²) in [5, 5.41) is 84.6. The minimum Gasteiger partial charge on any atom is -0.481 e. The van der Waals surface area contributed by atoms with Crippen molar-refractivity contribution in [1.82, 2.24) is 68.3 Å². The summed E-state index contributed by atoms with van der Waals surface area (Å²) >= 11 is 0. The maximum atomic E-state index is 14.3. The van der Waals surface area contributed by atoms with Crippen molar-refractivity contribution in [2.45, 2.75) is 196 Å². The number of aliphatic hydroxyl groups is 3. The van der Waals surface area contributed by atoms with E-state index in [-0.39, 0.29) is 83.5 Å². The minimum atomic E-state index is -2.02. The molecule has 0 aliphatic carbocycles. The molecule has 2 aliphatic heterocycles. The molecular weight excluding hydrogens is 1330 g/mol. The van der Waals surface area contributed by atoms with Gasteiger partial charge in [-0.05, 0) is 90.5 Å². The van der Waals surface area contributed by atoms with Crippen molar-refractivity contribution in [2.24, 2.45) is 39.6 Å². The number of aliphatic imine (C=N–C) groups is 1. The number of hydrogen-bond acceptors (Lipinski definition) is 23. The predicted molar refractivity (Wildman–Crippen MR) is 345 cm³/mol. The average molecular weight is 1430 g/mol. The number of carbonyl (C=O) groups is 17. The summed E-state index contributed by atoms with van der Waals surface area (Å²) in [6.07, 6.45) is -3.66. The van der Waals surface area contributed by atoms with Crippen LogP contribution in [-0.4, -0.2) is 278 Å². The number of guanidine groups is 1. The Morgan fingerprint density at radius 1 is 0.510 bits per heavy atom. The molecule has 2 saturated heterocycles. The zero-order valence-electron chi connectivity index (χ0n) is 56.0. The van der Waals surface area contributed by atoms with Crippen molar-refractivity contribution in [1.29, 1.82) is 0 Å². The Morgan fingerprint density at radius 3 is 1.53 bits per heavy atom. The van der Waals surface area contributed by atoms with Gasteiger partial charge in [-0.3, -0.25) is 81.7 Å². The number of amides is 14. The normalized spacial score (nSPS) is 17.6. The fourth-order valence-electron chi connectivity index (χ4n) is 10.4. The number of nitrogens with zero attached hydrogens (tertiary/aromatic N) is 3. The molecule has 0 unspecified atom stereocenters. The number of nitrogens with one attached hydrogen (secondary N) is 11. The molecule has 0 aromatic heterocycles. The molecule has 2 aliphatic rings. The Hall–Kier alpha value is -9.94. The summed E-state index contributed by atoms with van der Waals surface area (Å²) in [5.74, 6) is -20.1. The van der Waals surface area contributed by atoms with E-state index < -0.39 is 237 Å². The molecule has 0 aromatic carbocycles. The van der Waals surface area contributed by atoms with E-state index in [1.54, 1.807) is 13.8 Å². The summed E-state index contributed by atoms with van der Waals surface area (Å²) in [4.78, 5) is 229. The molecule has 2 fully saturated rings. The van der Waals surface area contributed by atoms with Gasteiger partial charge >= 0.3 is 17.9 Å². The first-order chi connectivity index (χ1) is 47.0. The second-order valence-corrected chi connectivity index (χ2v) is 23.8. The lowest BCUT2D eigenvalue weighted by molar-refractivity contribution is -0.144. The van der Waals surface area contributed by atoms with Gasteiger partial charge in [0.25, 0.3) is 0 Å². The third-order valence-electron chi connectivity index (χ3n) is 16.0. The second kappa shape index (κ2) is 43.5. The van der Waals surface area contributed by atoms with Crippen LogP contribution >= 0.6 is 0 Å². The van der Waals surface area contributed by atoms with Crippen LogP contribution in [0.2, 0.25) is 0 Å². The quantitative estimate of drug-likeness (QED) is 0.0153. The van der Waals surface area contributed by atoms with E-state index in [2.05, 4.69) is 63.5 Å². The van der Waals surface area contributed by atoms with E-state index in [0.717, 1.165) is 23.6 Å². The highest BCUT2D eigenvalue weighted by atomic mass is 16.4. The van der Waals surface area contributed by atoms with Gasteiger partial charge in [0.2, 0.25) is 82.7 Å². The molecule has 14 amide bonds. The highest BCUT2D eigenvalue weighted by molar-refractivity contribution is 6.01. The van der Waals surface area contributed by atoms with E-state index >= 15 is 0 Å². The monoisotopic (exact) mass is 1430 g/mol. The lowest BCUT2D eigenvalue weighted by Crippen LogP contribution is -2.61. The number of carboxylic acid groups (broad SMARTS) is 3. The number of aliphatic hydroxyl groups excluding tert-OH is 3. The van der Waals surface area contributed by atoms with E-state index in [0.29, 0.717) is 12.8 Å². The third kappa shape index (κ3) is 28.9. The van der Waals surface area contributed by atoms with Crippen LogP contribution in [0.4, 0.5) is 0 Å². The number of rotatable bonds is 45. The molecule has 100 heavy (non-hydrogen) atoms. The molecule has 562 valence electrons. The Kier molecular flexibility index (Phi) is 37.4. The van der Waals surface area contributed by atoms with Gasteiger partial charge in [-0.2, -0.15) is 0 Å². The number of aliphatic carboxylic acids is 3. The maximum absolute atomic E-state index is 14.3. The highest BCUT2D eigenvalue weighted by Crippen LogP contribution is 2.22. The molecule has 2 rings (SSSR count). The molecule has 42 nitrogen and oxygen atoms in total. The van der Waals surface area contributed by atoms with Gasteiger partial charge in [0.1, 0.15) is 72.5 Å². The molecule has 0 saturated carbocycles. The van der Waals surface area contributed by atoms with Gasteiger partial charge in [0.15, 0.2) is 5.96 Å². The standard InChI is InChI=1S/C58H97N19O23/c1-5-27(2)44(53(95)70-32(57(99)100)12-8-18-64-58(62)63)74-50(92)35(25-78)68-41(83)24-65-51(93)37-13-9-19-76(37)55(97)31(11-6-7-17-59)69-49(91)36(26-79)73-48(90)33(22-43(86)87)71-46(88)28(3)66-52(94)38-14-10-20-77(38)56(98)34(21-39(61)81)72-54(96)45(29(4)80)75-47(89)30(15-16-42(84)85)67-40(82)23-60/h27-38,44-45,78-80H,5-26,59-60H2,1-4H3,(H2,61,81)(H,65,93)(H,66,94)(H,67,82)(H,68,83)(H,69,91)(H,70,95)(H,71,88)(H,72,96)(H,73,90)(H,74,92)(H,75,89)(H,84,85)(H,86,87)(H,99,100)(H4,62,63,64)/t27-,28-,29+,30-,31-,32-,33-,34-,35-,36-,37-,38-,44-,45-/m0/s1. The molecule has 14 atom stereocenters. The molecule has 0 bridgehead atoms. The first-order valence-electron chi connectivity index (χ1n) is 32.3. The van der Waals surface area contributed by atoms with Gasteiger partial charge in [0.05, 0.1) is 45.2 Å². The Labute approximate surface area is 573 Å². The molecule has 0 spiro atoms. The molecule has 0 aromatic rings. The highest BCUT2D eigenvalue weighted by Gasteiger charge is 2.43. The number of nitrogens with two attached hydrogens (primary N) is 5. The van der Waals surface area contributed by atoms with Crippen molar-refractivity contribution >= 4 is 107 Å². The summed E-state index contributed by atoms with van der Waals surface area (Å²) in [6.45, 7) is 1.86. The van der Waals surface area contributed by atoms with E-state index in [1.807, 2.05) is 0 Å². The number of carbonyl (C=O) groups excluding carboxylic acids is 14. The Morgan fingerprint density at radius 2 is 1.00 bits per heavy atom. The van der Waals surface area contributed by atoms with E-state index in [1.165, 1.54) is 0 Å². The smallest absolute Gasteiger partial charge is 0.326 e. The number of primary amides is 1. The van der Waals surface area contributed by atoms with Crippen LogP contribution in [0.5, 0.6) is 0 Å². The van der Waals surface area contributed by atoms with Crippen LogP contribution < -0.4 is 87.2 Å². The van der Waals surface area contributed by atoms with Gasteiger partial charge in [-0.15, -0.1) is 0 Å². The van der Waals surface area contributed by atoms with Gasteiger partial charge in [-0.25, -0.2) is 4.79 Å². The summed E-state index contributed by atoms with van der Waals surface area (Å²) in [6, 6.07) is -19.4. The summed E-state index contributed by atoms with van der Waals surface area (Å²) < 4.78 is 0. The predicted octanol–water partition coefficient (Wildman–Crippen LogP) is -11.2. The van der Waals surface area contributed by atoms with Crippen LogP contribution in [0.1, 0.15) is 118 Å². The number of likely N-dealkylation sites (tertiary alicyclic amines) is 2. The largest absolute Gasteiger partial charge is 0.481 e. The average Bonchev–Trinajstić information content (AvgIpc) is 1.62.